The van der Waals surface area contributed by atoms with Crippen molar-refractivity contribution in [2.45, 2.75) is 81.8 Å². The second-order valence-electron chi connectivity index (χ2n) is 7.49. The molecule has 0 unspecified atom stereocenters. The minimum absolute atomic E-state index is 0.0561. The van der Waals surface area contributed by atoms with E-state index in [0.717, 1.165) is 57.7 Å². The highest BCUT2D eigenvalue weighted by molar-refractivity contribution is 5.75. The van der Waals surface area contributed by atoms with E-state index in [0.29, 0.717) is 0 Å². The van der Waals surface area contributed by atoms with Crippen LogP contribution in [0.1, 0.15) is 64.2 Å². The van der Waals surface area contributed by atoms with Gasteiger partial charge in [-0.05, 0) is 38.5 Å². The number of hydrogen-bond donors (Lipinski definition) is 3. The quantitative estimate of drug-likeness (QED) is 0.744. The van der Waals surface area contributed by atoms with Gasteiger partial charge in [0.1, 0.15) is 0 Å². The van der Waals surface area contributed by atoms with E-state index in [-0.39, 0.29) is 24.2 Å². The van der Waals surface area contributed by atoms with Crippen LogP contribution in [0.25, 0.3) is 0 Å². The van der Waals surface area contributed by atoms with Crippen molar-refractivity contribution in [3.63, 3.8) is 0 Å². The van der Waals surface area contributed by atoms with Crippen molar-refractivity contribution in [2.75, 3.05) is 19.7 Å². The van der Waals surface area contributed by atoms with Gasteiger partial charge in [0, 0.05) is 25.2 Å². The first-order chi connectivity index (χ1) is 10.7. The monoisotopic (exact) mass is 309 g/mol. The van der Waals surface area contributed by atoms with Crippen molar-refractivity contribution >= 4 is 6.03 Å². The Balaban J connectivity index is 1.41. The van der Waals surface area contributed by atoms with Crippen molar-refractivity contribution in [3.8, 4) is 0 Å². The summed E-state index contributed by atoms with van der Waals surface area (Å²) in [4.78, 5) is 14.8. The Labute approximate surface area is 133 Å². The SMILES string of the molecule is O=C(NC1CCN(C2CCCC2)CC1)NC1(CO)CCCC1. The number of carbonyl (C=O) groups excluding carboxylic acids is 1. The molecule has 0 radical (unpaired) electrons. The van der Waals surface area contributed by atoms with Gasteiger partial charge in [0.2, 0.25) is 0 Å². The smallest absolute Gasteiger partial charge is 0.315 e. The van der Waals surface area contributed by atoms with Crippen LogP contribution >= 0.6 is 0 Å². The Morgan fingerprint density at radius 2 is 1.68 bits per heavy atom. The normalized spacial score (nSPS) is 27.1. The molecule has 0 bridgehead atoms. The lowest BCUT2D eigenvalue weighted by Gasteiger charge is -2.37. The van der Waals surface area contributed by atoms with Crippen LogP contribution < -0.4 is 10.6 Å². The fraction of sp³-hybridized carbons (Fsp3) is 0.941. The van der Waals surface area contributed by atoms with E-state index >= 15 is 0 Å². The fourth-order valence-corrected chi connectivity index (χ4v) is 4.52. The van der Waals surface area contributed by atoms with Gasteiger partial charge in [-0.2, -0.15) is 0 Å². The fourth-order valence-electron chi connectivity index (χ4n) is 4.52. The molecule has 1 saturated heterocycles. The number of carbonyl (C=O) groups is 1. The summed E-state index contributed by atoms with van der Waals surface area (Å²) in [5.41, 5.74) is -0.366. The maximum absolute atomic E-state index is 12.2. The molecule has 0 spiro atoms. The highest BCUT2D eigenvalue weighted by Crippen LogP contribution is 2.29. The molecule has 3 aliphatic rings. The van der Waals surface area contributed by atoms with E-state index in [1.807, 2.05) is 0 Å². The second-order valence-corrected chi connectivity index (χ2v) is 7.49. The number of amides is 2. The molecule has 0 aromatic heterocycles. The topological polar surface area (TPSA) is 64.6 Å². The Morgan fingerprint density at radius 1 is 1.05 bits per heavy atom. The summed E-state index contributed by atoms with van der Waals surface area (Å²) in [6.45, 7) is 2.28. The largest absolute Gasteiger partial charge is 0.394 e. The lowest BCUT2D eigenvalue weighted by Crippen LogP contribution is -2.56. The van der Waals surface area contributed by atoms with Crippen LogP contribution in [0.4, 0.5) is 4.79 Å². The second kappa shape index (κ2) is 7.18. The average molecular weight is 309 g/mol. The summed E-state index contributed by atoms with van der Waals surface area (Å²) >= 11 is 0. The molecular formula is C17H31N3O2. The zero-order chi connectivity index (χ0) is 15.4. The Hall–Kier alpha value is -0.810. The minimum Gasteiger partial charge on any atom is -0.394 e. The Morgan fingerprint density at radius 3 is 2.27 bits per heavy atom. The van der Waals surface area contributed by atoms with Crippen LogP contribution in [0.15, 0.2) is 0 Å². The standard InChI is InChI=1S/C17H31N3O2/c21-13-17(9-3-4-10-17)19-16(22)18-14-7-11-20(12-8-14)15-5-1-2-6-15/h14-15,21H,1-13H2,(H2,18,19,22). The predicted octanol–water partition coefficient (Wildman–Crippen LogP) is 2.00. The highest BCUT2D eigenvalue weighted by atomic mass is 16.3. The summed E-state index contributed by atoms with van der Waals surface area (Å²) in [6, 6.07) is 0.996. The number of piperidine rings is 1. The first-order valence-corrected chi connectivity index (χ1v) is 9.14. The lowest BCUT2D eigenvalue weighted by molar-refractivity contribution is 0.139. The van der Waals surface area contributed by atoms with Crippen LogP contribution in [-0.4, -0.2) is 53.4 Å². The number of likely N-dealkylation sites (tertiary alicyclic amines) is 1. The molecule has 5 heteroatoms. The number of nitrogens with zero attached hydrogens (tertiary/aromatic N) is 1. The molecule has 22 heavy (non-hydrogen) atoms. The van der Waals surface area contributed by atoms with E-state index in [2.05, 4.69) is 15.5 Å². The third-order valence-electron chi connectivity index (χ3n) is 5.95. The van der Waals surface area contributed by atoms with Gasteiger partial charge in [-0.15, -0.1) is 0 Å². The van der Waals surface area contributed by atoms with E-state index < -0.39 is 0 Å². The third kappa shape index (κ3) is 3.74. The zero-order valence-electron chi connectivity index (χ0n) is 13.6. The predicted molar refractivity (Wildman–Crippen MR) is 86.8 cm³/mol. The summed E-state index contributed by atoms with van der Waals surface area (Å²) in [6.07, 6.45) is 11.6. The number of aliphatic hydroxyl groups excluding tert-OH is 1. The molecule has 0 aromatic carbocycles. The first-order valence-electron chi connectivity index (χ1n) is 9.14. The molecule has 2 saturated carbocycles. The number of hydrogen-bond acceptors (Lipinski definition) is 3. The van der Waals surface area contributed by atoms with Gasteiger partial charge in [-0.1, -0.05) is 25.7 Å². The molecular weight excluding hydrogens is 278 g/mol. The van der Waals surface area contributed by atoms with Crippen molar-refractivity contribution in [1.82, 2.24) is 15.5 Å². The van der Waals surface area contributed by atoms with Crippen molar-refractivity contribution in [1.29, 1.82) is 0 Å². The average Bonchev–Trinajstić information content (AvgIpc) is 3.20. The summed E-state index contributed by atoms with van der Waals surface area (Å²) in [5, 5.41) is 15.7. The van der Waals surface area contributed by atoms with Gasteiger partial charge >= 0.3 is 6.03 Å². The van der Waals surface area contributed by atoms with Gasteiger partial charge in [0.15, 0.2) is 0 Å². The maximum atomic E-state index is 12.2. The summed E-state index contributed by atoms with van der Waals surface area (Å²) < 4.78 is 0. The van der Waals surface area contributed by atoms with Crippen molar-refractivity contribution < 1.29 is 9.90 Å². The molecule has 126 valence electrons. The van der Waals surface area contributed by atoms with Crippen molar-refractivity contribution in [3.05, 3.63) is 0 Å². The van der Waals surface area contributed by atoms with Gasteiger partial charge < -0.3 is 20.6 Å². The van der Waals surface area contributed by atoms with Gasteiger partial charge in [0.25, 0.3) is 0 Å². The molecule has 0 atom stereocenters. The molecule has 3 N–H and O–H groups in total. The number of aliphatic hydroxyl groups is 1. The molecule has 1 heterocycles. The molecule has 0 aromatic rings. The van der Waals surface area contributed by atoms with E-state index in [4.69, 9.17) is 0 Å². The molecule has 2 amide bonds. The van der Waals surface area contributed by atoms with Crippen molar-refractivity contribution in [2.24, 2.45) is 0 Å². The molecule has 3 rings (SSSR count). The van der Waals surface area contributed by atoms with Gasteiger partial charge in [0.05, 0.1) is 12.1 Å². The van der Waals surface area contributed by atoms with Crippen LogP contribution in [0.3, 0.4) is 0 Å². The Kier molecular flexibility index (Phi) is 5.24. The molecule has 5 nitrogen and oxygen atoms in total. The first kappa shape index (κ1) is 16.1. The minimum atomic E-state index is -0.366. The van der Waals surface area contributed by atoms with Gasteiger partial charge in [-0.3, -0.25) is 0 Å². The summed E-state index contributed by atoms with van der Waals surface area (Å²) in [7, 11) is 0. The van der Waals surface area contributed by atoms with Crippen LogP contribution in [0, 0.1) is 0 Å². The number of rotatable bonds is 4. The van der Waals surface area contributed by atoms with Crippen LogP contribution in [0.5, 0.6) is 0 Å². The molecule has 1 aliphatic heterocycles. The molecule has 2 aliphatic carbocycles. The summed E-state index contributed by atoms with van der Waals surface area (Å²) in [5.74, 6) is 0. The van der Waals surface area contributed by atoms with Gasteiger partial charge in [-0.25, -0.2) is 4.79 Å². The number of urea groups is 1. The van der Waals surface area contributed by atoms with E-state index in [1.165, 1.54) is 25.7 Å². The highest BCUT2D eigenvalue weighted by Gasteiger charge is 2.35. The van der Waals surface area contributed by atoms with E-state index in [9.17, 15) is 9.90 Å². The number of nitrogens with one attached hydrogen (secondary N) is 2. The van der Waals surface area contributed by atoms with Crippen LogP contribution in [-0.2, 0) is 0 Å². The third-order valence-corrected chi connectivity index (χ3v) is 5.95. The zero-order valence-corrected chi connectivity index (χ0v) is 13.6. The van der Waals surface area contributed by atoms with Crippen LogP contribution in [0.2, 0.25) is 0 Å². The maximum Gasteiger partial charge on any atom is 0.315 e. The lowest BCUT2D eigenvalue weighted by atomic mass is 9.99. The molecule has 3 fully saturated rings. The van der Waals surface area contributed by atoms with E-state index in [1.54, 1.807) is 0 Å². The Bertz CT molecular complexity index is 368.